The summed E-state index contributed by atoms with van der Waals surface area (Å²) in [5.74, 6) is 0. The topological polar surface area (TPSA) is 210 Å². The molecule has 0 aliphatic heterocycles. The molecule has 0 unspecified atom stereocenters. The quantitative estimate of drug-likeness (QED) is 0.410. The van der Waals surface area contributed by atoms with Crippen molar-refractivity contribution in [2.45, 2.75) is 0 Å². The van der Waals surface area contributed by atoms with Gasteiger partial charge in [0.15, 0.2) is 0 Å². The second-order valence-corrected chi connectivity index (χ2v) is 0. The summed E-state index contributed by atoms with van der Waals surface area (Å²) in [5.41, 5.74) is 0. The molecule has 0 aromatic heterocycles. The minimum atomic E-state index is 0. The van der Waals surface area contributed by atoms with Gasteiger partial charge in [-0.05, 0) is 0 Å². The molecule has 7 N–H and O–H groups in total. The van der Waals surface area contributed by atoms with Crippen molar-refractivity contribution in [2.24, 2.45) is 0 Å². The standard InChI is InChI=1S/Al.7H2O.Ti/h;7*1H2;/q+3;;;;;;;;+4/p-7. The Morgan fingerprint density at radius 3 is 0.333 bits per heavy atom. The summed E-state index contributed by atoms with van der Waals surface area (Å²) in [6.07, 6.45) is 0. The van der Waals surface area contributed by atoms with Crippen molar-refractivity contribution in [2.75, 3.05) is 0 Å². The molecule has 0 heterocycles. The van der Waals surface area contributed by atoms with E-state index in [0.29, 0.717) is 0 Å². The smallest absolute Gasteiger partial charge is 0.870 e. The maximum atomic E-state index is 0. The van der Waals surface area contributed by atoms with Gasteiger partial charge in [-0.3, -0.25) is 0 Å². The van der Waals surface area contributed by atoms with Gasteiger partial charge in [-0.2, -0.15) is 0 Å². The molecule has 0 amide bonds. The zero-order valence-electron chi connectivity index (χ0n) is 4.21. The molecule has 0 saturated carbocycles. The summed E-state index contributed by atoms with van der Waals surface area (Å²) in [7, 11) is 0. The monoisotopic (exact) mass is 194 g/mol. The number of rotatable bonds is 0. The van der Waals surface area contributed by atoms with Crippen molar-refractivity contribution in [3.05, 3.63) is 0 Å². The third-order valence-electron chi connectivity index (χ3n) is 0. The fourth-order valence-electron chi connectivity index (χ4n) is 0. The molecule has 9 heavy (non-hydrogen) atoms. The summed E-state index contributed by atoms with van der Waals surface area (Å²) in [6, 6.07) is 0. The summed E-state index contributed by atoms with van der Waals surface area (Å²) >= 11 is 0. The third-order valence-corrected chi connectivity index (χ3v) is 0. The Bertz CT molecular complexity index is 8.88. The van der Waals surface area contributed by atoms with Crippen molar-refractivity contribution in [1.82, 2.24) is 0 Å². The van der Waals surface area contributed by atoms with Gasteiger partial charge in [0.2, 0.25) is 0 Å². The number of hydrogen-bond donors (Lipinski definition) is 0. The SMILES string of the molecule is [Al+3].[OH-].[OH-].[OH-].[OH-].[OH-].[OH-].[OH-].[Ti+4]. The molecule has 7 nitrogen and oxygen atoms in total. The molecule has 0 spiro atoms. The van der Waals surface area contributed by atoms with Crippen LogP contribution in [0.25, 0.3) is 0 Å². The van der Waals surface area contributed by atoms with E-state index in [4.69, 9.17) is 0 Å². The van der Waals surface area contributed by atoms with Gasteiger partial charge in [-0.15, -0.1) is 0 Å². The molecule has 0 saturated heterocycles. The van der Waals surface area contributed by atoms with Crippen LogP contribution in [0.15, 0.2) is 0 Å². The molecule has 0 fully saturated rings. The molecular weight excluding hydrogens is 187 g/mol. The van der Waals surface area contributed by atoms with Gasteiger partial charge in [0.1, 0.15) is 0 Å². The molecule has 0 aromatic rings. The molecule has 0 atom stereocenters. The first kappa shape index (κ1) is 857. The second-order valence-electron chi connectivity index (χ2n) is 0. The summed E-state index contributed by atoms with van der Waals surface area (Å²) < 4.78 is 0. The van der Waals surface area contributed by atoms with Crippen LogP contribution in [0.3, 0.4) is 0 Å². The van der Waals surface area contributed by atoms with E-state index in [1.165, 1.54) is 0 Å². The first-order valence-corrected chi connectivity index (χ1v) is 0. The molecule has 0 rings (SSSR count). The molecule has 9 heteroatoms. The van der Waals surface area contributed by atoms with Gasteiger partial charge in [0, 0.05) is 0 Å². The van der Waals surface area contributed by atoms with Crippen molar-refractivity contribution in [3.8, 4) is 0 Å². The predicted molar refractivity (Wildman–Crippen MR) is 19.3 cm³/mol. The van der Waals surface area contributed by atoms with E-state index in [1.807, 2.05) is 0 Å². The zero-order valence-corrected chi connectivity index (χ0v) is 6.92. The summed E-state index contributed by atoms with van der Waals surface area (Å²) in [4.78, 5) is 0. The second kappa shape index (κ2) is 609. The van der Waals surface area contributed by atoms with Gasteiger partial charge >= 0.3 is 39.1 Å². The van der Waals surface area contributed by atoms with E-state index in [-0.39, 0.29) is 77.4 Å². The Labute approximate surface area is 77.6 Å². The molecule has 0 bridgehead atoms. The minimum Gasteiger partial charge on any atom is -0.870 e. The van der Waals surface area contributed by atoms with E-state index in [2.05, 4.69) is 0 Å². The first-order valence-electron chi connectivity index (χ1n) is 0. The predicted octanol–water partition coefficient (Wildman–Crippen LogP) is -1.62. The van der Waals surface area contributed by atoms with Crippen molar-refractivity contribution >= 4 is 17.4 Å². The fourth-order valence-corrected chi connectivity index (χ4v) is 0. The normalized spacial score (nSPS) is 0. The summed E-state index contributed by atoms with van der Waals surface area (Å²) in [5, 5.41) is 0. The van der Waals surface area contributed by atoms with Gasteiger partial charge < -0.3 is 38.3 Å². The largest absolute Gasteiger partial charge is 4.00 e. The van der Waals surface area contributed by atoms with Crippen LogP contribution in [-0.2, 0) is 21.7 Å². The van der Waals surface area contributed by atoms with Gasteiger partial charge in [-0.1, -0.05) is 0 Å². The first-order chi connectivity index (χ1) is 0. The van der Waals surface area contributed by atoms with E-state index in [0.717, 1.165) is 0 Å². The van der Waals surface area contributed by atoms with Crippen LogP contribution in [0.2, 0.25) is 0 Å². The Kier molecular flexibility index (Phi) is 58000. The molecule has 0 radical (unpaired) electrons. The Hall–Kier alpha value is 0.967. The molecule has 0 aliphatic rings. The Morgan fingerprint density at radius 2 is 0.333 bits per heavy atom. The van der Waals surface area contributed by atoms with Gasteiger partial charge in [0.25, 0.3) is 0 Å². The fraction of sp³-hybridized carbons (Fsp3) is 0. The van der Waals surface area contributed by atoms with Crippen LogP contribution >= 0.6 is 0 Å². The van der Waals surface area contributed by atoms with Crippen LogP contribution in [0.5, 0.6) is 0 Å². The molecular formula is H7AlO7Ti. The maximum absolute atomic E-state index is 0. The molecule has 0 aromatic carbocycles. The van der Waals surface area contributed by atoms with Gasteiger partial charge in [0.05, 0.1) is 0 Å². The van der Waals surface area contributed by atoms with Crippen molar-refractivity contribution in [3.63, 3.8) is 0 Å². The van der Waals surface area contributed by atoms with Gasteiger partial charge in [-0.25, -0.2) is 0 Å². The van der Waals surface area contributed by atoms with E-state index in [1.54, 1.807) is 0 Å². The Balaban J connectivity index is 0. The van der Waals surface area contributed by atoms with Crippen LogP contribution in [0.4, 0.5) is 0 Å². The van der Waals surface area contributed by atoms with Crippen LogP contribution < -0.4 is 0 Å². The third kappa shape index (κ3) is 466. The molecule has 0 aliphatic carbocycles. The summed E-state index contributed by atoms with van der Waals surface area (Å²) in [6.45, 7) is 0. The number of hydrogen-bond acceptors (Lipinski definition) is 7. The van der Waals surface area contributed by atoms with E-state index in [9.17, 15) is 0 Å². The van der Waals surface area contributed by atoms with Crippen LogP contribution in [-0.4, -0.2) is 55.7 Å². The average molecular weight is 194 g/mol. The van der Waals surface area contributed by atoms with E-state index >= 15 is 0 Å². The molecule has 56 valence electrons. The van der Waals surface area contributed by atoms with Crippen LogP contribution in [0, 0.1) is 0 Å². The van der Waals surface area contributed by atoms with E-state index < -0.39 is 0 Å². The average Bonchev–Trinajstić information content (AvgIpc) is 0. The maximum Gasteiger partial charge on any atom is 4.00 e. The van der Waals surface area contributed by atoms with Crippen molar-refractivity contribution in [1.29, 1.82) is 0 Å². The van der Waals surface area contributed by atoms with Crippen molar-refractivity contribution < 1.29 is 60.1 Å². The zero-order chi connectivity index (χ0) is 0. The van der Waals surface area contributed by atoms with Crippen LogP contribution in [0.1, 0.15) is 0 Å². The minimum absolute atomic E-state index is 0. The Morgan fingerprint density at radius 1 is 0.333 bits per heavy atom.